The second kappa shape index (κ2) is 7.74. The zero-order chi connectivity index (χ0) is 15.1. The topological polar surface area (TPSA) is 47.0 Å². The summed E-state index contributed by atoms with van der Waals surface area (Å²) in [4.78, 5) is 9.29. The van der Waals surface area contributed by atoms with Gasteiger partial charge in [-0.25, -0.2) is 9.97 Å². The predicted octanol–water partition coefficient (Wildman–Crippen LogP) is 4.06. The number of ether oxygens (including phenoxy) is 1. The van der Waals surface area contributed by atoms with Gasteiger partial charge in [-0.1, -0.05) is 37.3 Å². The minimum atomic E-state index is -0.0592. The lowest BCUT2D eigenvalue weighted by Gasteiger charge is -2.16. The molecule has 0 fully saturated rings. The second-order valence-electron chi connectivity index (χ2n) is 4.75. The summed E-state index contributed by atoms with van der Waals surface area (Å²) < 4.78 is 5.75. The zero-order valence-corrected chi connectivity index (χ0v) is 13.0. The SMILES string of the molecule is CCNc1cc(-c2ccccc2)nc(C(CC)OCC)n1. The molecule has 0 amide bonds. The molecule has 0 spiro atoms. The Labute approximate surface area is 126 Å². The minimum Gasteiger partial charge on any atom is -0.371 e. The fraction of sp³-hybridized carbons (Fsp3) is 0.412. The van der Waals surface area contributed by atoms with Crippen LogP contribution in [-0.2, 0) is 4.74 Å². The molecular weight excluding hydrogens is 262 g/mol. The van der Waals surface area contributed by atoms with Crippen molar-refractivity contribution in [1.29, 1.82) is 0 Å². The number of nitrogens with zero attached hydrogens (tertiary/aromatic N) is 2. The van der Waals surface area contributed by atoms with Gasteiger partial charge < -0.3 is 10.1 Å². The molecule has 2 rings (SSSR count). The number of hydrogen-bond donors (Lipinski definition) is 1. The van der Waals surface area contributed by atoms with Gasteiger partial charge in [0, 0.05) is 24.8 Å². The molecule has 0 saturated carbocycles. The van der Waals surface area contributed by atoms with Crippen molar-refractivity contribution in [2.45, 2.75) is 33.3 Å². The molecule has 4 nitrogen and oxygen atoms in total. The molecule has 0 aliphatic carbocycles. The van der Waals surface area contributed by atoms with E-state index >= 15 is 0 Å². The summed E-state index contributed by atoms with van der Waals surface area (Å²) in [5.74, 6) is 1.59. The maximum Gasteiger partial charge on any atom is 0.160 e. The molecule has 0 saturated heterocycles. The summed E-state index contributed by atoms with van der Waals surface area (Å²) in [6.45, 7) is 7.63. The number of hydrogen-bond acceptors (Lipinski definition) is 4. The van der Waals surface area contributed by atoms with Crippen LogP contribution >= 0.6 is 0 Å². The molecule has 4 heteroatoms. The van der Waals surface area contributed by atoms with Gasteiger partial charge in [0.2, 0.25) is 0 Å². The fourth-order valence-corrected chi connectivity index (χ4v) is 2.21. The van der Waals surface area contributed by atoms with Gasteiger partial charge in [-0.3, -0.25) is 0 Å². The van der Waals surface area contributed by atoms with Gasteiger partial charge in [0.25, 0.3) is 0 Å². The molecule has 1 atom stereocenters. The molecule has 1 aromatic heterocycles. The fourth-order valence-electron chi connectivity index (χ4n) is 2.21. The molecule has 0 aliphatic heterocycles. The van der Waals surface area contributed by atoms with Crippen LogP contribution in [0.4, 0.5) is 5.82 Å². The van der Waals surface area contributed by atoms with Crippen LogP contribution in [0.2, 0.25) is 0 Å². The van der Waals surface area contributed by atoms with Gasteiger partial charge in [-0.15, -0.1) is 0 Å². The third-order valence-corrected chi connectivity index (χ3v) is 3.20. The van der Waals surface area contributed by atoms with Gasteiger partial charge in [0.05, 0.1) is 5.69 Å². The predicted molar refractivity (Wildman–Crippen MR) is 86.3 cm³/mol. The van der Waals surface area contributed by atoms with E-state index in [0.717, 1.165) is 35.9 Å². The molecule has 0 aliphatic rings. The van der Waals surface area contributed by atoms with Gasteiger partial charge in [-0.2, -0.15) is 0 Å². The van der Waals surface area contributed by atoms with Crippen LogP contribution in [0.25, 0.3) is 11.3 Å². The van der Waals surface area contributed by atoms with Gasteiger partial charge in [0.15, 0.2) is 5.82 Å². The zero-order valence-electron chi connectivity index (χ0n) is 13.0. The molecule has 21 heavy (non-hydrogen) atoms. The first-order valence-electron chi connectivity index (χ1n) is 7.58. The first-order chi connectivity index (χ1) is 10.3. The van der Waals surface area contributed by atoms with Crippen LogP contribution in [-0.4, -0.2) is 23.1 Å². The highest BCUT2D eigenvalue weighted by Gasteiger charge is 2.15. The molecule has 2 aromatic rings. The largest absolute Gasteiger partial charge is 0.371 e. The van der Waals surface area contributed by atoms with Crippen LogP contribution in [0.5, 0.6) is 0 Å². The number of nitrogens with one attached hydrogen (secondary N) is 1. The molecule has 0 radical (unpaired) electrons. The highest BCUT2D eigenvalue weighted by atomic mass is 16.5. The number of benzene rings is 1. The van der Waals surface area contributed by atoms with Crippen molar-refractivity contribution in [3.05, 3.63) is 42.2 Å². The van der Waals surface area contributed by atoms with E-state index in [9.17, 15) is 0 Å². The second-order valence-corrected chi connectivity index (χ2v) is 4.75. The van der Waals surface area contributed by atoms with E-state index in [2.05, 4.69) is 36.3 Å². The Hall–Kier alpha value is -1.94. The molecule has 1 aromatic carbocycles. The van der Waals surface area contributed by atoms with Crippen LogP contribution < -0.4 is 5.32 Å². The lowest BCUT2D eigenvalue weighted by Crippen LogP contribution is -2.11. The van der Waals surface area contributed by atoms with Crippen molar-refractivity contribution in [3.63, 3.8) is 0 Å². The number of anilines is 1. The van der Waals surface area contributed by atoms with Crippen LogP contribution in [0.1, 0.15) is 39.1 Å². The van der Waals surface area contributed by atoms with E-state index < -0.39 is 0 Å². The van der Waals surface area contributed by atoms with Crippen molar-refractivity contribution >= 4 is 5.82 Å². The maximum atomic E-state index is 5.75. The monoisotopic (exact) mass is 285 g/mol. The lowest BCUT2D eigenvalue weighted by molar-refractivity contribution is 0.0536. The normalized spacial score (nSPS) is 12.1. The van der Waals surface area contributed by atoms with Crippen molar-refractivity contribution in [3.8, 4) is 11.3 Å². The quantitative estimate of drug-likeness (QED) is 0.833. The summed E-state index contributed by atoms with van der Waals surface area (Å²) in [7, 11) is 0. The van der Waals surface area contributed by atoms with Crippen molar-refractivity contribution in [2.75, 3.05) is 18.5 Å². The summed E-state index contributed by atoms with van der Waals surface area (Å²) in [6.07, 6.45) is 0.800. The molecular formula is C17H23N3O. The van der Waals surface area contributed by atoms with Gasteiger partial charge >= 0.3 is 0 Å². The standard InChI is InChI=1S/C17H23N3O/c1-4-15(21-6-3)17-19-14(12-16(20-17)18-5-2)13-10-8-7-9-11-13/h7-12,15H,4-6H2,1-3H3,(H,18,19,20). The Morgan fingerprint density at radius 2 is 1.86 bits per heavy atom. The van der Waals surface area contributed by atoms with Gasteiger partial charge in [-0.05, 0) is 20.3 Å². The maximum absolute atomic E-state index is 5.75. The average molecular weight is 285 g/mol. The Kier molecular flexibility index (Phi) is 5.69. The third-order valence-electron chi connectivity index (χ3n) is 3.20. The highest BCUT2D eigenvalue weighted by Crippen LogP contribution is 2.24. The lowest BCUT2D eigenvalue weighted by atomic mass is 10.1. The minimum absolute atomic E-state index is 0.0592. The Morgan fingerprint density at radius 1 is 1.10 bits per heavy atom. The van der Waals surface area contributed by atoms with Crippen LogP contribution in [0, 0.1) is 0 Å². The molecule has 1 N–H and O–H groups in total. The third kappa shape index (κ3) is 4.02. The molecule has 0 bridgehead atoms. The molecule has 112 valence electrons. The molecule has 1 unspecified atom stereocenters. The summed E-state index contributed by atoms with van der Waals surface area (Å²) in [6, 6.07) is 12.1. The van der Waals surface area contributed by atoms with Crippen molar-refractivity contribution in [1.82, 2.24) is 9.97 Å². The average Bonchev–Trinajstić information content (AvgIpc) is 2.53. The van der Waals surface area contributed by atoms with Gasteiger partial charge in [0.1, 0.15) is 11.9 Å². The molecule has 1 heterocycles. The smallest absolute Gasteiger partial charge is 0.160 e. The van der Waals surface area contributed by atoms with E-state index in [0.29, 0.717) is 6.61 Å². The highest BCUT2D eigenvalue weighted by molar-refractivity contribution is 5.62. The van der Waals surface area contributed by atoms with Crippen LogP contribution in [0.15, 0.2) is 36.4 Å². The number of rotatable bonds is 7. The Bertz CT molecular complexity index is 557. The van der Waals surface area contributed by atoms with E-state index in [1.54, 1.807) is 0 Å². The first-order valence-corrected chi connectivity index (χ1v) is 7.58. The Morgan fingerprint density at radius 3 is 2.48 bits per heavy atom. The van der Waals surface area contributed by atoms with E-state index in [1.165, 1.54) is 0 Å². The summed E-state index contributed by atoms with van der Waals surface area (Å²) in [5.41, 5.74) is 2.02. The van der Waals surface area contributed by atoms with E-state index in [1.807, 2.05) is 31.2 Å². The van der Waals surface area contributed by atoms with E-state index in [-0.39, 0.29) is 6.10 Å². The summed E-state index contributed by atoms with van der Waals surface area (Å²) in [5, 5.41) is 3.27. The summed E-state index contributed by atoms with van der Waals surface area (Å²) >= 11 is 0. The first kappa shape index (κ1) is 15.4. The van der Waals surface area contributed by atoms with Crippen molar-refractivity contribution in [2.24, 2.45) is 0 Å². The van der Waals surface area contributed by atoms with Crippen molar-refractivity contribution < 1.29 is 4.74 Å². The van der Waals surface area contributed by atoms with E-state index in [4.69, 9.17) is 9.72 Å². The Balaban J connectivity index is 2.43. The number of aromatic nitrogens is 2. The van der Waals surface area contributed by atoms with Crippen LogP contribution in [0.3, 0.4) is 0 Å².